The van der Waals surface area contributed by atoms with E-state index in [1.54, 1.807) is 0 Å². The first kappa shape index (κ1) is 23.2. The van der Waals surface area contributed by atoms with Crippen molar-refractivity contribution in [2.24, 2.45) is 34.0 Å². The molecule has 162 valence electrons. The third kappa shape index (κ3) is 5.08. The molecule has 0 aromatic heterocycles. The third-order valence-electron chi connectivity index (χ3n) is 6.79. The molecule has 0 N–H and O–H groups in total. The maximum atomic E-state index is 13.4. The summed E-state index contributed by atoms with van der Waals surface area (Å²) in [4.78, 5) is 25.8. The quantitative estimate of drug-likeness (QED) is 0.345. The Morgan fingerprint density at radius 1 is 0.964 bits per heavy atom. The van der Waals surface area contributed by atoms with Crippen LogP contribution in [-0.2, 0) is 23.8 Å². The summed E-state index contributed by atoms with van der Waals surface area (Å²) in [5, 5.41) is 0. The molecule has 0 aromatic rings. The van der Waals surface area contributed by atoms with Gasteiger partial charge in [0.15, 0.2) is 6.79 Å². The van der Waals surface area contributed by atoms with Crippen molar-refractivity contribution in [2.75, 3.05) is 13.4 Å². The summed E-state index contributed by atoms with van der Waals surface area (Å²) < 4.78 is 16.5. The SMILES string of the molecule is CCOCOC(=O)C1CC2CC(OC(=O)C(C)(CC(C)(C)C)C(C)(C)C)C1C2. The molecule has 2 aliphatic rings. The second-order valence-electron chi connectivity index (χ2n) is 11.2. The van der Waals surface area contributed by atoms with Gasteiger partial charge in [0.2, 0.25) is 0 Å². The molecule has 2 saturated carbocycles. The molecule has 0 spiro atoms. The number of ether oxygens (including phenoxy) is 3. The first-order chi connectivity index (χ1) is 12.8. The van der Waals surface area contributed by atoms with Gasteiger partial charge in [-0.05, 0) is 56.3 Å². The second-order valence-corrected chi connectivity index (χ2v) is 11.2. The van der Waals surface area contributed by atoms with E-state index in [0.717, 1.165) is 25.7 Å². The molecule has 0 aromatic carbocycles. The van der Waals surface area contributed by atoms with Gasteiger partial charge in [-0.3, -0.25) is 9.59 Å². The maximum absolute atomic E-state index is 13.4. The van der Waals surface area contributed by atoms with Crippen LogP contribution in [0.2, 0.25) is 0 Å². The number of esters is 2. The van der Waals surface area contributed by atoms with E-state index < -0.39 is 5.41 Å². The number of rotatable bonds is 7. The molecule has 2 fully saturated rings. The molecule has 0 heterocycles. The molecule has 5 nitrogen and oxygen atoms in total. The van der Waals surface area contributed by atoms with Crippen molar-refractivity contribution >= 4 is 11.9 Å². The van der Waals surface area contributed by atoms with Gasteiger partial charge in [-0.1, -0.05) is 41.5 Å². The highest BCUT2D eigenvalue weighted by atomic mass is 16.7. The van der Waals surface area contributed by atoms with E-state index in [2.05, 4.69) is 41.5 Å². The molecule has 0 saturated heterocycles. The molecule has 2 rings (SSSR count). The lowest BCUT2D eigenvalue weighted by Gasteiger charge is -2.44. The van der Waals surface area contributed by atoms with Gasteiger partial charge in [0.25, 0.3) is 0 Å². The molecule has 2 bridgehead atoms. The van der Waals surface area contributed by atoms with Crippen LogP contribution in [-0.4, -0.2) is 31.4 Å². The lowest BCUT2D eigenvalue weighted by Crippen LogP contribution is -2.46. The Kier molecular flexibility index (Phi) is 6.90. The summed E-state index contributed by atoms with van der Waals surface area (Å²) in [7, 11) is 0. The predicted molar refractivity (Wildman–Crippen MR) is 108 cm³/mol. The van der Waals surface area contributed by atoms with Gasteiger partial charge in [0, 0.05) is 12.5 Å². The summed E-state index contributed by atoms with van der Waals surface area (Å²) in [6, 6.07) is 0. The second kappa shape index (κ2) is 8.33. The van der Waals surface area contributed by atoms with Crippen LogP contribution >= 0.6 is 0 Å². The zero-order chi connectivity index (χ0) is 21.3. The Morgan fingerprint density at radius 2 is 1.61 bits per heavy atom. The topological polar surface area (TPSA) is 61.8 Å². The number of carbonyl (C=O) groups excluding carboxylic acids is 2. The van der Waals surface area contributed by atoms with E-state index >= 15 is 0 Å². The lowest BCUT2D eigenvalue weighted by molar-refractivity contribution is -0.178. The van der Waals surface area contributed by atoms with Crippen molar-refractivity contribution < 1.29 is 23.8 Å². The van der Waals surface area contributed by atoms with Crippen LogP contribution in [0.4, 0.5) is 0 Å². The molecule has 28 heavy (non-hydrogen) atoms. The van der Waals surface area contributed by atoms with E-state index in [9.17, 15) is 9.59 Å². The molecule has 2 aliphatic carbocycles. The Balaban J connectivity index is 2.07. The van der Waals surface area contributed by atoms with Crippen molar-refractivity contribution in [1.82, 2.24) is 0 Å². The van der Waals surface area contributed by atoms with Crippen molar-refractivity contribution in [2.45, 2.75) is 87.2 Å². The van der Waals surface area contributed by atoms with Crippen LogP contribution in [0, 0.1) is 34.0 Å². The summed E-state index contributed by atoms with van der Waals surface area (Å²) in [5.74, 6) is -0.0118. The van der Waals surface area contributed by atoms with E-state index in [1.807, 2.05) is 13.8 Å². The summed E-state index contributed by atoms with van der Waals surface area (Å²) >= 11 is 0. The summed E-state index contributed by atoms with van der Waals surface area (Å²) in [6.07, 6.45) is 3.21. The highest BCUT2D eigenvalue weighted by molar-refractivity contribution is 5.78. The smallest absolute Gasteiger partial charge is 0.312 e. The fourth-order valence-corrected chi connectivity index (χ4v) is 4.95. The monoisotopic (exact) mass is 396 g/mol. The van der Waals surface area contributed by atoms with Gasteiger partial charge in [-0.25, -0.2) is 0 Å². The Bertz CT molecular complexity index is 571. The molecular formula is C23H40O5. The Hall–Kier alpha value is -1.10. The molecule has 0 aliphatic heterocycles. The number of carbonyl (C=O) groups is 2. The molecular weight excluding hydrogens is 356 g/mol. The van der Waals surface area contributed by atoms with Gasteiger partial charge < -0.3 is 14.2 Å². The molecule has 0 amide bonds. The average Bonchev–Trinajstić information content (AvgIpc) is 3.12. The minimum Gasteiger partial charge on any atom is -0.462 e. The molecule has 5 atom stereocenters. The van der Waals surface area contributed by atoms with E-state index in [4.69, 9.17) is 14.2 Å². The van der Waals surface area contributed by atoms with Crippen LogP contribution < -0.4 is 0 Å². The number of hydrogen-bond donors (Lipinski definition) is 0. The van der Waals surface area contributed by atoms with Crippen LogP contribution in [0.1, 0.15) is 81.1 Å². The number of fused-ring (bicyclic) bond motifs is 2. The normalized spacial score (nSPS) is 29.4. The van der Waals surface area contributed by atoms with E-state index in [1.165, 1.54) is 0 Å². The van der Waals surface area contributed by atoms with Gasteiger partial charge in [0.05, 0.1) is 11.3 Å². The van der Waals surface area contributed by atoms with Gasteiger partial charge in [-0.2, -0.15) is 0 Å². The standard InChI is InChI=1S/C23H40O5/c1-9-26-14-27-19(24)17-11-15-10-16(17)18(12-15)28-20(25)23(8,22(5,6)7)13-21(2,3)4/h15-18H,9-14H2,1-8H3. The molecule has 5 heteroatoms. The largest absolute Gasteiger partial charge is 0.462 e. The Morgan fingerprint density at radius 3 is 2.11 bits per heavy atom. The highest BCUT2D eigenvalue weighted by Gasteiger charge is 2.54. The van der Waals surface area contributed by atoms with Gasteiger partial charge in [-0.15, -0.1) is 0 Å². The van der Waals surface area contributed by atoms with Crippen LogP contribution in [0.25, 0.3) is 0 Å². The van der Waals surface area contributed by atoms with Crippen LogP contribution in [0.3, 0.4) is 0 Å². The maximum Gasteiger partial charge on any atom is 0.312 e. The third-order valence-corrected chi connectivity index (χ3v) is 6.79. The van der Waals surface area contributed by atoms with Crippen molar-refractivity contribution in [1.29, 1.82) is 0 Å². The van der Waals surface area contributed by atoms with Crippen LogP contribution in [0.15, 0.2) is 0 Å². The molecule has 0 radical (unpaired) electrons. The first-order valence-corrected chi connectivity index (χ1v) is 10.7. The lowest BCUT2D eigenvalue weighted by atomic mass is 9.61. The van der Waals surface area contributed by atoms with Crippen molar-refractivity contribution in [3.63, 3.8) is 0 Å². The van der Waals surface area contributed by atoms with Crippen molar-refractivity contribution in [3.8, 4) is 0 Å². The molecule has 5 unspecified atom stereocenters. The average molecular weight is 397 g/mol. The summed E-state index contributed by atoms with van der Waals surface area (Å²) in [5.41, 5.74) is -0.787. The first-order valence-electron chi connectivity index (χ1n) is 10.7. The zero-order valence-electron chi connectivity index (χ0n) is 19.1. The minimum absolute atomic E-state index is 0.00134. The number of hydrogen-bond acceptors (Lipinski definition) is 5. The zero-order valence-corrected chi connectivity index (χ0v) is 19.1. The van der Waals surface area contributed by atoms with Crippen molar-refractivity contribution in [3.05, 3.63) is 0 Å². The van der Waals surface area contributed by atoms with Gasteiger partial charge in [0.1, 0.15) is 6.10 Å². The van der Waals surface area contributed by atoms with E-state index in [0.29, 0.717) is 12.5 Å². The van der Waals surface area contributed by atoms with Gasteiger partial charge >= 0.3 is 11.9 Å². The Labute approximate surface area is 170 Å². The summed E-state index contributed by atoms with van der Waals surface area (Å²) in [6.45, 7) is 17.2. The predicted octanol–water partition coefficient (Wildman–Crippen LogP) is 4.97. The minimum atomic E-state index is -0.585. The fraction of sp³-hybridized carbons (Fsp3) is 0.913. The van der Waals surface area contributed by atoms with E-state index in [-0.39, 0.29) is 47.5 Å². The van der Waals surface area contributed by atoms with Crippen LogP contribution in [0.5, 0.6) is 0 Å². The fourth-order valence-electron chi connectivity index (χ4n) is 4.95. The highest BCUT2D eigenvalue weighted by Crippen LogP contribution is 2.52.